The predicted octanol–water partition coefficient (Wildman–Crippen LogP) is 5.79. The Bertz CT molecular complexity index is 1500. The van der Waals surface area contributed by atoms with Gasteiger partial charge in [0.15, 0.2) is 5.82 Å². The summed E-state index contributed by atoms with van der Waals surface area (Å²) in [6, 6.07) is 4.96. The summed E-state index contributed by atoms with van der Waals surface area (Å²) in [4.78, 5) is 4.18. The Kier molecular flexibility index (Phi) is 5.41. The van der Waals surface area contributed by atoms with Crippen molar-refractivity contribution in [3.05, 3.63) is 48.2 Å². The molecule has 0 amide bonds. The molecule has 4 aromatic rings. The van der Waals surface area contributed by atoms with Crippen LogP contribution in [0.5, 0.6) is 0 Å². The number of nitrogens with zero attached hydrogens (tertiary/aromatic N) is 7. The molecular formula is C25H25F5N8. The Morgan fingerprint density at radius 1 is 1.03 bits per heavy atom. The molecule has 1 saturated carbocycles. The van der Waals surface area contributed by atoms with Gasteiger partial charge in [-0.15, -0.1) is 10.2 Å². The smallest absolute Gasteiger partial charge is 0.344 e. The van der Waals surface area contributed by atoms with E-state index in [1.54, 1.807) is 40.8 Å². The van der Waals surface area contributed by atoms with Crippen LogP contribution in [0.3, 0.4) is 0 Å². The van der Waals surface area contributed by atoms with Gasteiger partial charge in [0, 0.05) is 56.6 Å². The largest absolute Gasteiger partial charge is 0.401 e. The maximum atomic E-state index is 14.6. The lowest BCUT2D eigenvalue weighted by Gasteiger charge is -2.42. The number of nitrogens with one attached hydrogen (secondary N) is 1. The van der Waals surface area contributed by atoms with Crippen LogP contribution in [0, 0.1) is 0 Å². The number of aromatic nitrogens is 7. The molecule has 2 aliphatic rings. The zero-order chi connectivity index (χ0) is 26.9. The Labute approximate surface area is 214 Å². The fraction of sp³-hybridized carbons (Fsp3) is 0.440. The van der Waals surface area contributed by atoms with E-state index in [9.17, 15) is 22.0 Å². The summed E-state index contributed by atoms with van der Waals surface area (Å²) >= 11 is 0. The zero-order valence-electron chi connectivity index (χ0n) is 20.7. The molecule has 0 bridgehead atoms. The van der Waals surface area contributed by atoms with Gasteiger partial charge in [-0.1, -0.05) is 6.42 Å². The highest BCUT2D eigenvalue weighted by Gasteiger charge is 2.62. The molecule has 1 fully saturated rings. The van der Waals surface area contributed by atoms with Gasteiger partial charge in [0.2, 0.25) is 0 Å². The van der Waals surface area contributed by atoms with Gasteiger partial charge in [-0.2, -0.15) is 18.3 Å². The van der Waals surface area contributed by atoms with Crippen molar-refractivity contribution in [2.75, 3.05) is 5.32 Å². The van der Waals surface area contributed by atoms with Crippen molar-refractivity contribution < 1.29 is 22.0 Å². The van der Waals surface area contributed by atoms with Gasteiger partial charge in [-0.05, 0) is 37.0 Å². The fourth-order valence-corrected chi connectivity index (χ4v) is 5.39. The van der Waals surface area contributed by atoms with Gasteiger partial charge in [-0.25, -0.2) is 13.8 Å². The van der Waals surface area contributed by atoms with E-state index in [1.807, 2.05) is 4.57 Å². The van der Waals surface area contributed by atoms with E-state index in [4.69, 9.17) is 0 Å². The summed E-state index contributed by atoms with van der Waals surface area (Å²) < 4.78 is 76.5. The number of fused-ring (bicyclic) bond motifs is 3. The number of aryl methyl sites for hydroxylation is 2. The second-order valence-electron chi connectivity index (χ2n) is 10.1. The molecule has 200 valence electrons. The molecule has 8 nitrogen and oxygen atoms in total. The second kappa shape index (κ2) is 8.37. The molecule has 0 aromatic carbocycles. The Morgan fingerprint density at radius 2 is 1.82 bits per heavy atom. The Balaban J connectivity index is 1.45. The number of pyridine rings is 1. The van der Waals surface area contributed by atoms with E-state index in [-0.39, 0.29) is 29.8 Å². The molecule has 5 heterocycles. The topological polar surface area (TPSA) is 78.4 Å². The number of alkyl halides is 5. The van der Waals surface area contributed by atoms with Crippen LogP contribution in [0.4, 0.5) is 33.6 Å². The van der Waals surface area contributed by atoms with Gasteiger partial charge < -0.3 is 14.5 Å². The van der Waals surface area contributed by atoms with E-state index in [0.717, 1.165) is 13.1 Å². The second-order valence-corrected chi connectivity index (χ2v) is 10.1. The van der Waals surface area contributed by atoms with Crippen molar-refractivity contribution in [3.63, 3.8) is 0 Å². The van der Waals surface area contributed by atoms with E-state index in [0.29, 0.717) is 54.6 Å². The Hall–Kier alpha value is -3.77. The molecule has 1 N–H and O–H groups in total. The van der Waals surface area contributed by atoms with Crippen LogP contribution in [0.15, 0.2) is 36.8 Å². The van der Waals surface area contributed by atoms with Crippen molar-refractivity contribution in [2.45, 2.75) is 63.2 Å². The lowest BCUT2D eigenvalue weighted by Crippen LogP contribution is -2.49. The van der Waals surface area contributed by atoms with Crippen LogP contribution in [0.1, 0.15) is 44.0 Å². The molecule has 0 radical (unpaired) electrons. The molecule has 4 aromatic heterocycles. The fourth-order valence-electron chi connectivity index (χ4n) is 5.39. The van der Waals surface area contributed by atoms with Crippen LogP contribution in [0.2, 0.25) is 0 Å². The minimum absolute atomic E-state index is 0.0146. The van der Waals surface area contributed by atoms with Gasteiger partial charge in [0.05, 0.1) is 11.9 Å². The van der Waals surface area contributed by atoms with E-state index in [2.05, 4.69) is 25.6 Å². The molecule has 38 heavy (non-hydrogen) atoms. The molecule has 0 spiro atoms. The highest BCUT2D eigenvalue weighted by molar-refractivity contribution is 5.75. The molecule has 13 heteroatoms. The summed E-state index contributed by atoms with van der Waals surface area (Å²) in [5.74, 6) is -1.95. The summed E-state index contributed by atoms with van der Waals surface area (Å²) in [5, 5.41) is 15.4. The van der Waals surface area contributed by atoms with Gasteiger partial charge in [0.1, 0.15) is 22.9 Å². The van der Waals surface area contributed by atoms with E-state index in [1.165, 1.54) is 6.07 Å². The van der Waals surface area contributed by atoms with Crippen molar-refractivity contribution in [1.82, 2.24) is 34.1 Å². The number of halogens is 5. The monoisotopic (exact) mass is 532 g/mol. The summed E-state index contributed by atoms with van der Waals surface area (Å²) in [5.41, 5.74) is -0.968. The van der Waals surface area contributed by atoms with Gasteiger partial charge >= 0.3 is 6.18 Å². The summed E-state index contributed by atoms with van der Waals surface area (Å²) in [7, 11) is 1.74. The maximum absolute atomic E-state index is 14.6. The number of hydrogen-bond acceptors (Lipinski definition) is 5. The third kappa shape index (κ3) is 3.78. The van der Waals surface area contributed by atoms with Crippen molar-refractivity contribution >= 4 is 11.6 Å². The average Bonchev–Trinajstić information content (AvgIpc) is 3.49. The first-order chi connectivity index (χ1) is 18.0. The maximum Gasteiger partial charge on any atom is 0.401 e. The van der Waals surface area contributed by atoms with Crippen molar-refractivity contribution in [2.24, 2.45) is 7.05 Å². The van der Waals surface area contributed by atoms with Crippen LogP contribution < -0.4 is 5.32 Å². The number of anilines is 2. The minimum Gasteiger partial charge on any atom is -0.344 e. The molecule has 0 saturated heterocycles. The molecular weight excluding hydrogens is 507 g/mol. The van der Waals surface area contributed by atoms with Crippen LogP contribution in [-0.4, -0.2) is 40.3 Å². The predicted molar refractivity (Wildman–Crippen MR) is 129 cm³/mol. The van der Waals surface area contributed by atoms with Gasteiger partial charge in [0.25, 0.3) is 5.92 Å². The first-order valence-corrected chi connectivity index (χ1v) is 12.3. The van der Waals surface area contributed by atoms with Gasteiger partial charge in [-0.3, -0.25) is 4.68 Å². The lowest BCUT2D eigenvalue weighted by molar-refractivity contribution is -0.216. The van der Waals surface area contributed by atoms with Crippen molar-refractivity contribution in [3.8, 4) is 22.6 Å². The quantitative estimate of drug-likeness (QED) is 0.330. The van der Waals surface area contributed by atoms with Crippen LogP contribution >= 0.6 is 0 Å². The highest BCUT2D eigenvalue weighted by atomic mass is 19.4. The zero-order valence-corrected chi connectivity index (χ0v) is 20.7. The Morgan fingerprint density at radius 3 is 2.45 bits per heavy atom. The van der Waals surface area contributed by atoms with Crippen LogP contribution in [-0.2, 0) is 31.5 Å². The third-order valence-corrected chi connectivity index (χ3v) is 7.60. The van der Waals surface area contributed by atoms with E-state index < -0.39 is 17.5 Å². The number of hydrogen-bond donors (Lipinski definition) is 1. The average molecular weight is 533 g/mol. The molecule has 1 aliphatic carbocycles. The standard InChI is InChI=1S/C25H25F5N8/c1-23(26,27)17-13-31-19(33-20-5-8-32-36(20)2)12-16(17)15-11-18-21-34-35-22(24(6-3-7-24)25(28,29)30)38(21)10-4-9-37(18)14-15/h5,8,11-14H,3-4,6-7,9-10H2,1-2H3,(H,31,33). The summed E-state index contributed by atoms with van der Waals surface area (Å²) in [6.07, 6.45) is 1.05. The summed E-state index contributed by atoms with van der Waals surface area (Å²) in [6.45, 7) is 1.65. The SMILES string of the molecule is Cn1nccc1Nc1cc(-c2cc3n(c2)CCCn2c-3nnc2C2(C(F)(F)F)CCC2)c(C(C)(F)F)cn1. The minimum atomic E-state index is -4.43. The lowest BCUT2D eigenvalue weighted by atomic mass is 9.67. The molecule has 0 atom stereocenters. The number of rotatable bonds is 5. The first kappa shape index (κ1) is 24.6. The highest BCUT2D eigenvalue weighted by Crippen LogP contribution is 2.54. The molecule has 0 unspecified atom stereocenters. The molecule has 1 aliphatic heterocycles. The molecule has 6 rings (SSSR count). The first-order valence-electron chi connectivity index (χ1n) is 12.3. The van der Waals surface area contributed by atoms with E-state index >= 15 is 0 Å². The van der Waals surface area contributed by atoms with Crippen molar-refractivity contribution in [1.29, 1.82) is 0 Å². The third-order valence-electron chi connectivity index (χ3n) is 7.60. The normalized spacial score (nSPS) is 16.9. The van der Waals surface area contributed by atoms with Crippen LogP contribution in [0.25, 0.3) is 22.6 Å².